The summed E-state index contributed by atoms with van der Waals surface area (Å²) in [6.45, 7) is 0. The van der Waals surface area contributed by atoms with Gasteiger partial charge in [0.2, 0.25) is 0 Å². The number of hydrogen-bond acceptors (Lipinski definition) is 3. The average molecular weight is 514 g/mol. The number of benzene rings is 4. The van der Waals surface area contributed by atoms with Gasteiger partial charge in [0.05, 0.1) is 17.1 Å². The Kier molecular flexibility index (Phi) is 6.31. The Morgan fingerprint density at radius 3 is 1.85 bits per heavy atom. The van der Waals surface area contributed by atoms with E-state index < -0.39 is 0 Å². The van der Waals surface area contributed by atoms with Gasteiger partial charge in [-0.15, -0.1) is 0 Å². The zero-order valence-electron chi connectivity index (χ0n) is 22.0. The van der Waals surface area contributed by atoms with E-state index in [1.54, 1.807) is 0 Å². The summed E-state index contributed by atoms with van der Waals surface area (Å²) in [7, 11) is 0. The van der Waals surface area contributed by atoms with Crippen molar-refractivity contribution in [2.45, 2.75) is 12.8 Å². The lowest BCUT2D eigenvalue weighted by Crippen LogP contribution is -1.97. The van der Waals surface area contributed by atoms with Gasteiger partial charge in [0.15, 0.2) is 5.82 Å². The molecule has 2 aromatic heterocycles. The molecule has 0 N–H and O–H groups in total. The van der Waals surface area contributed by atoms with Crippen molar-refractivity contribution in [3.63, 3.8) is 0 Å². The van der Waals surface area contributed by atoms with E-state index >= 15 is 0 Å². The van der Waals surface area contributed by atoms with Gasteiger partial charge in [0.1, 0.15) is 0 Å². The second kappa shape index (κ2) is 10.5. The van der Waals surface area contributed by atoms with Crippen molar-refractivity contribution in [1.82, 2.24) is 15.0 Å². The number of hydrogen-bond donors (Lipinski definition) is 0. The van der Waals surface area contributed by atoms with Crippen LogP contribution in [-0.2, 0) is 6.42 Å². The quantitative estimate of drug-likeness (QED) is 0.231. The highest BCUT2D eigenvalue weighted by molar-refractivity contribution is 5.81. The molecule has 3 heteroatoms. The van der Waals surface area contributed by atoms with Gasteiger partial charge in [-0.2, -0.15) is 0 Å². The van der Waals surface area contributed by atoms with Gasteiger partial charge in [-0.3, -0.25) is 4.98 Å². The van der Waals surface area contributed by atoms with E-state index in [1.165, 1.54) is 16.7 Å². The van der Waals surface area contributed by atoms with Crippen molar-refractivity contribution in [1.29, 1.82) is 0 Å². The molecule has 190 valence electrons. The summed E-state index contributed by atoms with van der Waals surface area (Å²) in [4.78, 5) is 14.9. The molecule has 3 nitrogen and oxygen atoms in total. The van der Waals surface area contributed by atoms with Crippen LogP contribution in [0.3, 0.4) is 0 Å². The van der Waals surface area contributed by atoms with Crippen LogP contribution in [0.25, 0.3) is 62.4 Å². The number of rotatable bonds is 5. The minimum atomic E-state index is 0.695. The first-order valence-electron chi connectivity index (χ1n) is 13.7. The van der Waals surface area contributed by atoms with Crippen LogP contribution < -0.4 is 0 Å². The van der Waals surface area contributed by atoms with E-state index in [2.05, 4.69) is 89.9 Å². The Morgan fingerprint density at radius 2 is 1.15 bits per heavy atom. The van der Waals surface area contributed by atoms with Crippen molar-refractivity contribution in [3.05, 3.63) is 145 Å². The molecule has 4 aromatic carbocycles. The first-order valence-corrected chi connectivity index (χ1v) is 13.7. The molecule has 0 aliphatic heterocycles. The monoisotopic (exact) mass is 513 g/mol. The van der Waals surface area contributed by atoms with Crippen LogP contribution in [0.4, 0.5) is 0 Å². The molecule has 0 amide bonds. The summed E-state index contributed by atoms with van der Waals surface area (Å²) in [5.41, 5.74) is 11.9. The first-order chi connectivity index (χ1) is 19.8. The molecule has 0 saturated carbocycles. The van der Waals surface area contributed by atoms with E-state index in [1.807, 2.05) is 54.7 Å². The maximum atomic E-state index is 5.10. The Bertz CT molecular complexity index is 1770. The molecule has 0 radical (unpaired) electrons. The van der Waals surface area contributed by atoms with Crippen LogP contribution in [-0.4, -0.2) is 15.0 Å². The molecule has 7 rings (SSSR count). The number of fused-ring (bicyclic) bond motifs is 1. The summed E-state index contributed by atoms with van der Waals surface area (Å²) in [6, 6.07) is 42.1. The Balaban J connectivity index is 1.44. The van der Waals surface area contributed by atoms with Gasteiger partial charge in [0, 0.05) is 28.5 Å². The average Bonchev–Trinajstić information content (AvgIpc) is 3.05. The third-order valence-corrected chi connectivity index (χ3v) is 7.37. The highest BCUT2D eigenvalue weighted by Gasteiger charge is 2.15. The smallest absolute Gasteiger partial charge is 0.160 e. The molecule has 6 aromatic rings. The number of pyridine rings is 1. The van der Waals surface area contributed by atoms with E-state index in [0.29, 0.717) is 5.82 Å². The summed E-state index contributed by atoms with van der Waals surface area (Å²) in [5, 5.41) is 0. The summed E-state index contributed by atoms with van der Waals surface area (Å²) < 4.78 is 0. The number of allylic oxidation sites excluding steroid dienone is 1. The molecule has 0 unspecified atom stereocenters. The van der Waals surface area contributed by atoms with Crippen molar-refractivity contribution in [3.8, 4) is 56.3 Å². The fourth-order valence-electron chi connectivity index (χ4n) is 5.31. The fraction of sp³-hybridized carbons (Fsp3) is 0.0541. The van der Waals surface area contributed by atoms with Crippen LogP contribution in [0.5, 0.6) is 0 Å². The van der Waals surface area contributed by atoms with E-state index in [0.717, 1.165) is 57.7 Å². The topological polar surface area (TPSA) is 38.7 Å². The van der Waals surface area contributed by atoms with E-state index in [9.17, 15) is 0 Å². The van der Waals surface area contributed by atoms with Crippen molar-refractivity contribution >= 4 is 6.08 Å². The molecule has 1 aliphatic carbocycles. The van der Waals surface area contributed by atoms with Crippen molar-refractivity contribution in [2.75, 3.05) is 0 Å². The minimum Gasteiger partial charge on any atom is -0.256 e. The maximum Gasteiger partial charge on any atom is 0.160 e. The lowest BCUT2D eigenvalue weighted by atomic mass is 9.91. The summed E-state index contributed by atoms with van der Waals surface area (Å²) in [5.74, 6) is 0.695. The maximum absolute atomic E-state index is 5.10. The molecule has 1 aliphatic rings. The van der Waals surface area contributed by atoms with Crippen LogP contribution >= 0.6 is 0 Å². The van der Waals surface area contributed by atoms with Crippen LogP contribution in [0.15, 0.2) is 134 Å². The SMILES string of the molecule is C1=Cc2ccc(-c3cc(-c4ccccn4)cc(-c4nc(-c5ccccc5)cc(-c5ccccc5)n4)c3)cc2CC1. The third-order valence-electron chi connectivity index (χ3n) is 7.37. The number of aromatic nitrogens is 3. The zero-order chi connectivity index (χ0) is 26.7. The summed E-state index contributed by atoms with van der Waals surface area (Å²) >= 11 is 0. The molecular formula is C37H27N3. The largest absolute Gasteiger partial charge is 0.256 e. The van der Waals surface area contributed by atoms with E-state index in [-0.39, 0.29) is 0 Å². The standard InChI is InChI=1S/C37H27N3/c1-3-12-27(13-4-1)35-25-36(28-14-5-2-6-15-28)40-37(39-35)33-23-31(22-32(24-33)34-17-9-10-20-38-34)30-19-18-26-11-7-8-16-29(26)21-30/h1-7,9-15,17-25H,8,16H2. The van der Waals surface area contributed by atoms with Crippen LogP contribution in [0.1, 0.15) is 17.5 Å². The molecule has 0 fully saturated rings. The molecular weight excluding hydrogens is 486 g/mol. The lowest BCUT2D eigenvalue weighted by Gasteiger charge is -2.15. The number of aryl methyl sites for hydroxylation is 1. The molecule has 2 heterocycles. The number of nitrogens with zero attached hydrogens (tertiary/aromatic N) is 3. The zero-order valence-corrected chi connectivity index (χ0v) is 22.0. The Labute approximate surface area is 234 Å². The summed E-state index contributed by atoms with van der Waals surface area (Å²) in [6.07, 6.45) is 8.47. The Hall–Kier alpha value is -5.15. The predicted molar refractivity (Wildman–Crippen MR) is 164 cm³/mol. The second-order valence-corrected chi connectivity index (χ2v) is 10.1. The molecule has 0 spiro atoms. The minimum absolute atomic E-state index is 0.695. The Morgan fingerprint density at radius 1 is 0.475 bits per heavy atom. The van der Waals surface area contributed by atoms with Gasteiger partial charge in [-0.25, -0.2) is 9.97 Å². The van der Waals surface area contributed by atoms with Gasteiger partial charge in [0.25, 0.3) is 0 Å². The highest BCUT2D eigenvalue weighted by Crippen LogP contribution is 2.35. The van der Waals surface area contributed by atoms with Gasteiger partial charge >= 0.3 is 0 Å². The second-order valence-electron chi connectivity index (χ2n) is 10.1. The molecule has 40 heavy (non-hydrogen) atoms. The molecule has 0 atom stereocenters. The van der Waals surface area contributed by atoms with Crippen molar-refractivity contribution < 1.29 is 0 Å². The van der Waals surface area contributed by atoms with Gasteiger partial charge < -0.3 is 0 Å². The van der Waals surface area contributed by atoms with E-state index in [4.69, 9.17) is 9.97 Å². The van der Waals surface area contributed by atoms with Crippen LogP contribution in [0, 0.1) is 0 Å². The predicted octanol–water partition coefficient (Wildman–Crippen LogP) is 9.17. The molecule has 0 bridgehead atoms. The highest BCUT2D eigenvalue weighted by atomic mass is 14.9. The fourth-order valence-corrected chi connectivity index (χ4v) is 5.31. The lowest BCUT2D eigenvalue weighted by molar-refractivity contribution is 0.986. The first kappa shape index (κ1) is 23.9. The van der Waals surface area contributed by atoms with Gasteiger partial charge in [-0.1, -0.05) is 97.1 Å². The van der Waals surface area contributed by atoms with Crippen molar-refractivity contribution in [2.24, 2.45) is 0 Å². The normalized spacial score (nSPS) is 12.2. The van der Waals surface area contributed by atoms with Gasteiger partial charge in [-0.05, 0) is 71.5 Å². The third kappa shape index (κ3) is 4.85. The van der Waals surface area contributed by atoms with Crippen LogP contribution in [0.2, 0.25) is 0 Å². The molecule has 0 saturated heterocycles.